The summed E-state index contributed by atoms with van der Waals surface area (Å²) in [5.74, 6) is 1.10. The Balaban J connectivity index is 2.43. The fraction of sp³-hybridized carbons (Fsp3) is 0.522. The molecule has 0 amide bonds. The monoisotopic (exact) mass is 647 g/mol. The van der Waals surface area contributed by atoms with Crippen LogP contribution >= 0.6 is 0 Å². The van der Waals surface area contributed by atoms with E-state index in [1.165, 1.54) is 39.1 Å². The van der Waals surface area contributed by atoms with Gasteiger partial charge in [-0.1, -0.05) is 134 Å². The summed E-state index contributed by atoms with van der Waals surface area (Å²) in [6.07, 6.45) is 15.1. The number of aryl methyl sites for hydroxylation is 1. The summed E-state index contributed by atoms with van der Waals surface area (Å²) in [4.78, 5) is 11.3. The van der Waals surface area contributed by atoms with Crippen molar-refractivity contribution >= 4 is 18.1 Å². The molecule has 0 fully saturated rings. The van der Waals surface area contributed by atoms with E-state index in [9.17, 15) is 0 Å². The Morgan fingerprint density at radius 1 is 0.833 bits per heavy atom. The van der Waals surface area contributed by atoms with Crippen LogP contribution in [0.25, 0.3) is 0 Å². The molecule has 3 atom stereocenters. The molecule has 1 aliphatic rings. The van der Waals surface area contributed by atoms with Crippen LogP contribution in [0, 0.1) is 23.7 Å². The summed E-state index contributed by atoms with van der Waals surface area (Å²) in [6, 6.07) is 15.5. The van der Waals surface area contributed by atoms with E-state index in [2.05, 4.69) is 163 Å². The van der Waals surface area contributed by atoms with Gasteiger partial charge in [0.05, 0.1) is 11.4 Å². The van der Waals surface area contributed by atoms with E-state index in [-0.39, 0.29) is 16.2 Å². The number of benzene rings is 2. The van der Waals surface area contributed by atoms with Gasteiger partial charge in [0.25, 0.3) is 0 Å². The topological polar surface area (TPSA) is 24.7 Å². The first-order valence-corrected chi connectivity index (χ1v) is 18.6. The van der Waals surface area contributed by atoms with Crippen LogP contribution < -0.4 is 0 Å². The van der Waals surface area contributed by atoms with Gasteiger partial charge >= 0.3 is 0 Å². The molecule has 0 heterocycles. The summed E-state index contributed by atoms with van der Waals surface area (Å²) in [7, 11) is 0. The Morgan fingerprint density at radius 3 is 1.94 bits per heavy atom. The molecule has 1 aliphatic carbocycles. The van der Waals surface area contributed by atoms with Crippen LogP contribution in [0.5, 0.6) is 0 Å². The number of allylic oxidation sites excluding steroid dienone is 6. The third kappa shape index (κ3) is 8.30. The van der Waals surface area contributed by atoms with E-state index >= 15 is 0 Å². The Hall–Kier alpha value is -3.26. The van der Waals surface area contributed by atoms with Crippen LogP contribution in [0.3, 0.4) is 0 Å². The molecule has 0 saturated carbocycles. The smallest absolute Gasteiger partial charge is 0.0695 e. The normalized spacial score (nSPS) is 19.6. The maximum absolute atomic E-state index is 5.73. The predicted octanol–water partition coefficient (Wildman–Crippen LogP) is 14.0. The van der Waals surface area contributed by atoms with Crippen molar-refractivity contribution in [1.29, 1.82) is 0 Å². The Kier molecular flexibility index (Phi) is 13.4. The quantitative estimate of drug-likeness (QED) is 0.128. The van der Waals surface area contributed by atoms with Crippen molar-refractivity contribution in [2.75, 3.05) is 0 Å². The van der Waals surface area contributed by atoms with Gasteiger partial charge in [-0.25, -0.2) is 0 Å². The highest BCUT2D eigenvalue weighted by Gasteiger charge is 2.52. The fourth-order valence-electron chi connectivity index (χ4n) is 8.43. The number of aliphatic imine (C=N–C) groups is 2. The van der Waals surface area contributed by atoms with Crippen LogP contribution in [0.2, 0.25) is 0 Å². The maximum atomic E-state index is 5.73. The SMILES string of the molecule is C=C(C)CC(C)(C=NC1=C(C(C)C)C=CCC1(CC)C(C=Nc1c(C(C)C)cccc1C(C)C)(CCC)CC(=C)C)c1ccccc1C. The van der Waals surface area contributed by atoms with Crippen molar-refractivity contribution in [3.05, 3.63) is 112 Å². The van der Waals surface area contributed by atoms with Crippen LogP contribution in [-0.4, -0.2) is 12.4 Å². The summed E-state index contributed by atoms with van der Waals surface area (Å²) >= 11 is 0. The van der Waals surface area contributed by atoms with Crippen molar-refractivity contribution in [3.8, 4) is 0 Å². The van der Waals surface area contributed by atoms with Crippen molar-refractivity contribution in [3.63, 3.8) is 0 Å². The van der Waals surface area contributed by atoms with E-state index < -0.39 is 0 Å². The lowest BCUT2D eigenvalue weighted by Gasteiger charge is -2.51. The van der Waals surface area contributed by atoms with Crippen molar-refractivity contribution in [2.45, 2.75) is 139 Å². The zero-order valence-corrected chi connectivity index (χ0v) is 32.6. The molecule has 0 aliphatic heterocycles. The molecular formula is C46H66N2. The second-order valence-electron chi connectivity index (χ2n) is 16.0. The highest BCUT2D eigenvalue weighted by Crippen LogP contribution is 2.59. The molecule has 3 rings (SSSR count). The first-order chi connectivity index (χ1) is 22.6. The second kappa shape index (κ2) is 16.4. The average molecular weight is 647 g/mol. The molecule has 2 heteroatoms. The minimum atomic E-state index is -0.287. The molecule has 48 heavy (non-hydrogen) atoms. The summed E-state index contributed by atoms with van der Waals surface area (Å²) in [5.41, 5.74) is 10.5. The molecule has 0 spiro atoms. The average Bonchev–Trinajstić information content (AvgIpc) is 3.01. The fourth-order valence-corrected chi connectivity index (χ4v) is 8.43. The van der Waals surface area contributed by atoms with Crippen molar-refractivity contribution < 1.29 is 0 Å². The summed E-state index contributed by atoms with van der Waals surface area (Å²) in [6.45, 7) is 36.2. The number of hydrogen-bond acceptors (Lipinski definition) is 2. The first kappa shape index (κ1) is 39.2. The molecule has 0 saturated heterocycles. The second-order valence-corrected chi connectivity index (χ2v) is 16.0. The molecule has 0 aromatic heterocycles. The van der Waals surface area contributed by atoms with Gasteiger partial charge < -0.3 is 0 Å². The molecule has 260 valence electrons. The van der Waals surface area contributed by atoms with Gasteiger partial charge in [0.2, 0.25) is 0 Å². The van der Waals surface area contributed by atoms with E-state index in [0.29, 0.717) is 17.8 Å². The number of hydrogen-bond donors (Lipinski definition) is 0. The third-order valence-electron chi connectivity index (χ3n) is 10.7. The van der Waals surface area contributed by atoms with Gasteiger partial charge in [-0.3, -0.25) is 9.98 Å². The third-order valence-corrected chi connectivity index (χ3v) is 10.7. The lowest BCUT2D eigenvalue weighted by molar-refractivity contribution is 0.126. The van der Waals surface area contributed by atoms with E-state index in [1.807, 2.05) is 0 Å². The van der Waals surface area contributed by atoms with Crippen LogP contribution in [0.1, 0.15) is 149 Å². The van der Waals surface area contributed by atoms with Gasteiger partial charge in [0, 0.05) is 28.7 Å². The van der Waals surface area contributed by atoms with Crippen LogP contribution in [0.4, 0.5) is 5.69 Å². The van der Waals surface area contributed by atoms with E-state index in [0.717, 1.165) is 49.8 Å². The van der Waals surface area contributed by atoms with Crippen LogP contribution in [0.15, 0.2) is 100 Å². The summed E-state index contributed by atoms with van der Waals surface area (Å²) in [5, 5.41) is 0. The molecule has 0 radical (unpaired) electrons. The lowest BCUT2D eigenvalue weighted by Crippen LogP contribution is -2.46. The molecule has 0 N–H and O–H groups in total. The predicted molar refractivity (Wildman–Crippen MR) is 214 cm³/mol. The maximum Gasteiger partial charge on any atom is 0.0695 e. The minimum absolute atomic E-state index is 0.253. The highest BCUT2D eigenvalue weighted by atomic mass is 14.8. The van der Waals surface area contributed by atoms with Gasteiger partial charge in [0.1, 0.15) is 0 Å². The zero-order valence-electron chi connectivity index (χ0n) is 32.6. The zero-order chi connectivity index (χ0) is 35.9. The molecule has 3 unspecified atom stereocenters. The lowest BCUT2D eigenvalue weighted by atomic mass is 9.53. The number of para-hydroxylation sites is 1. The standard InChI is InChI=1S/C46H66N2/c1-15-26-45(29-33(5)6,31-47-42-38(34(7)8)22-19-23-39(42)35(9)10)46(16-2)27-20-24-40(36(11)12)43(46)48-30-44(14,28-32(3)4)41-25-18-17-21-37(41)13/h17-25,30-31,34-36H,3,5,15-16,26-29H2,1-2,4,6-14H3. The Bertz CT molecular complexity index is 1530. The number of rotatable bonds is 16. The van der Waals surface area contributed by atoms with Gasteiger partial charge in [-0.05, 0) is 98.5 Å². The molecular weight excluding hydrogens is 581 g/mol. The highest BCUT2D eigenvalue weighted by molar-refractivity contribution is 5.78. The van der Waals surface area contributed by atoms with Crippen molar-refractivity contribution in [1.82, 2.24) is 0 Å². The number of nitrogens with zero attached hydrogens (tertiary/aromatic N) is 2. The van der Waals surface area contributed by atoms with Gasteiger partial charge in [0.15, 0.2) is 0 Å². The molecule has 2 aromatic carbocycles. The molecule has 2 aromatic rings. The largest absolute Gasteiger partial charge is 0.264 e. The Labute approximate surface area is 295 Å². The van der Waals surface area contributed by atoms with Crippen molar-refractivity contribution in [2.24, 2.45) is 26.7 Å². The minimum Gasteiger partial charge on any atom is -0.264 e. The van der Waals surface area contributed by atoms with E-state index in [1.54, 1.807) is 0 Å². The van der Waals surface area contributed by atoms with E-state index in [4.69, 9.17) is 9.98 Å². The first-order valence-electron chi connectivity index (χ1n) is 18.6. The summed E-state index contributed by atoms with van der Waals surface area (Å²) < 4.78 is 0. The Morgan fingerprint density at radius 2 is 1.44 bits per heavy atom. The molecule has 2 nitrogen and oxygen atoms in total. The van der Waals surface area contributed by atoms with Crippen LogP contribution in [-0.2, 0) is 5.41 Å². The van der Waals surface area contributed by atoms with Gasteiger partial charge in [-0.2, -0.15) is 0 Å². The van der Waals surface area contributed by atoms with Gasteiger partial charge in [-0.15, -0.1) is 13.2 Å². The molecule has 0 bridgehead atoms.